The van der Waals surface area contributed by atoms with Gasteiger partial charge in [-0.05, 0) is 6.92 Å². The molecule has 100 valence electrons. The lowest BCUT2D eigenvalue weighted by molar-refractivity contribution is -0.140. The first-order valence-corrected chi connectivity index (χ1v) is 6.18. The quantitative estimate of drug-likeness (QED) is 0.206. The van der Waals surface area contributed by atoms with Crippen LogP contribution in [-0.4, -0.2) is 45.8 Å². The van der Waals surface area contributed by atoms with E-state index in [4.69, 9.17) is 20.0 Å². The maximum absolute atomic E-state index is 11.3. The van der Waals surface area contributed by atoms with Crippen LogP contribution >= 0.6 is 7.82 Å². The molecule has 0 aliphatic rings. The van der Waals surface area contributed by atoms with Crippen molar-refractivity contribution in [2.24, 2.45) is 0 Å². The van der Waals surface area contributed by atoms with Crippen molar-refractivity contribution in [3.8, 4) is 0 Å². The van der Waals surface area contributed by atoms with Gasteiger partial charge in [-0.1, -0.05) is 0 Å². The number of ether oxygens (including phenoxy) is 1. The van der Waals surface area contributed by atoms with Crippen molar-refractivity contribution in [1.82, 2.24) is 0 Å². The molecule has 0 aliphatic heterocycles. The fourth-order valence-electron chi connectivity index (χ4n) is 0.907. The predicted octanol–water partition coefficient (Wildman–Crippen LogP) is -0.712. The van der Waals surface area contributed by atoms with Crippen LogP contribution in [0.1, 0.15) is 13.3 Å². The third-order valence-electron chi connectivity index (χ3n) is 1.62. The highest BCUT2D eigenvalue weighted by atomic mass is 31.2. The largest absolute Gasteiger partial charge is 0.524 e. The van der Waals surface area contributed by atoms with Crippen molar-refractivity contribution in [1.29, 1.82) is 0 Å². The van der Waals surface area contributed by atoms with E-state index in [2.05, 4.69) is 9.26 Å². The van der Waals surface area contributed by atoms with Crippen molar-refractivity contribution in [3.63, 3.8) is 0 Å². The molecular weight excluding hydrogens is 255 g/mol. The summed E-state index contributed by atoms with van der Waals surface area (Å²) in [6, 6.07) is 0. The number of phosphoric acid groups is 1. The van der Waals surface area contributed by atoms with E-state index >= 15 is 0 Å². The van der Waals surface area contributed by atoms with Gasteiger partial charge in [0.15, 0.2) is 0 Å². The Morgan fingerprint density at radius 3 is 2.24 bits per heavy atom. The number of hydrogen-bond donors (Lipinski definition) is 4. The molecule has 0 aliphatic carbocycles. The summed E-state index contributed by atoms with van der Waals surface area (Å²) in [5.41, 5.74) is -0.171. The highest BCUT2D eigenvalue weighted by molar-refractivity contribution is 7.46. The van der Waals surface area contributed by atoms with Gasteiger partial charge in [0.2, 0.25) is 0 Å². The Hall–Kier alpha value is -0.920. The second-order valence-electron chi connectivity index (χ2n) is 2.96. The first kappa shape index (κ1) is 16.1. The summed E-state index contributed by atoms with van der Waals surface area (Å²) >= 11 is 0. The van der Waals surface area contributed by atoms with Crippen molar-refractivity contribution >= 4 is 13.8 Å². The normalized spacial score (nSPS) is 13.0. The third-order valence-corrected chi connectivity index (χ3v) is 2.08. The zero-order valence-electron chi connectivity index (χ0n) is 9.20. The maximum Gasteiger partial charge on any atom is 0.524 e. The molecule has 0 heterocycles. The van der Waals surface area contributed by atoms with Gasteiger partial charge in [-0.15, -0.1) is 0 Å². The Morgan fingerprint density at radius 2 is 1.82 bits per heavy atom. The molecule has 0 unspecified atom stereocenters. The van der Waals surface area contributed by atoms with E-state index in [1.807, 2.05) is 0 Å². The van der Waals surface area contributed by atoms with Crippen LogP contribution in [0.15, 0.2) is 11.3 Å². The first-order valence-electron chi connectivity index (χ1n) is 4.65. The topological polar surface area (TPSA) is 134 Å². The van der Waals surface area contributed by atoms with Crippen LogP contribution in [0.4, 0.5) is 0 Å². The average molecular weight is 270 g/mol. The molecule has 9 heteroatoms. The van der Waals surface area contributed by atoms with Gasteiger partial charge in [0, 0.05) is 6.42 Å². The summed E-state index contributed by atoms with van der Waals surface area (Å²) in [6.07, 6.45) is -0.231. The Balaban J connectivity index is 4.84. The fourth-order valence-corrected chi connectivity index (χ4v) is 1.42. The molecule has 0 saturated heterocycles. The zero-order valence-corrected chi connectivity index (χ0v) is 10.1. The fraction of sp³-hybridized carbons (Fsp3) is 0.625. The van der Waals surface area contributed by atoms with Gasteiger partial charge in [0.25, 0.3) is 0 Å². The molecule has 0 saturated carbocycles. The van der Waals surface area contributed by atoms with E-state index in [1.165, 1.54) is 6.92 Å². The number of phosphoric ester groups is 1. The van der Waals surface area contributed by atoms with Crippen LogP contribution in [-0.2, 0) is 18.6 Å². The summed E-state index contributed by atoms with van der Waals surface area (Å²) in [5.74, 6) is -1.22. The van der Waals surface area contributed by atoms with E-state index in [0.717, 1.165) is 0 Å². The number of carbonyl (C=O) groups excluding carboxylic acids is 1. The summed E-state index contributed by atoms with van der Waals surface area (Å²) in [5, 5.41) is 17.1. The number of aliphatic hydroxyl groups excluding tert-OH is 2. The van der Waals surface area contributed by atoms with Crippen molar-refractivity contribution in [3.05, 3.63) is 11.3 Å². The molecule has 0 aromatic rings. The van der Waals surface area contributed by atoms with Gasteiger partial charge in [-0.25, -0.2) is 9.36 Å². The van der Waals surface area contributed by atoms with Crippen LogP contribution < -0.4 is 0 Å². The summed E-state index contributed by atoms with van der Waals surface area (Å²) in [4.78, 5) is 28.5. The number of rotatable bonds is 7. The summed E-state index contributed by atoms with van der Waals surface area (Å²) < 4.78 is 19.4. The number of aliphatic hydroxyl groups is 2. The molecule has 0 aromatic carbocycles. The monoisotopic (exact) mass is 270 g/mol. The minimum absolute atomic E-state index is 0.171. The Labute approximate surface area is 97.7 Å². The SMILES string of the molecule is CC(C(=O)OCCO)=C(CCO)OP(=O)(O)O. The van der Waals surface area contributed by atoms with E-state index < -0.39 is 20.4 Å². The predicted molar refractivity (Wildman–Crippen MR) is 55.6 cm³/mol. The Kier molecular flexibility index (Phi) is 7.01. The Morgan fingerprint density at radius 1 is 1.24 bits per heavy atom. The molecule has 4 N–H and O–H groups in total. The van der Waals surface area contributed by atoms with Crippen LogP contribution in [0.5, 0.6) is 0 Å². The van der Waals surface area contributed by atoms with Crippen molar-refractivity contribution in [2.45, 2.75) is 13.3 Å². The second-order valence-corrected chi connectivity index (χ2v) is 4.13. The zero-order chi connectivity index (χ0) is 13.5. The number of hydrogen-bond acceptors (Lipinski definition) is 6. The molecular formula is C8H15O8P. The minimum atomic E-state index is -4.80. The van der Waals surface area contributed by atoms with Crippen molar-refractivity contribution in [2.75, 3.05) is 19.8 Å². The molecule has 0 fully saturated rings. The van der Waals surface area contributed by atoms with Gasteiger partial charge in [0.1, 0.15) is 12.4 Å². The number of carbonyl (C=O) groups is 1. The molecule has 0 spiro atoms. The molecule has 0 bridgehead atoms. The van der Waals surface area contributed by atoms with Gasteiger partial charge in [-0.3, -0.25) is 9.79 Å². The highest BCUT2D eigenvalue weighted by Gasteiger charge is 2.22. The summed E-state index contributed by atoms with van der Waals surface area (Å²) in [7, 11) is -4.80. The molecule has 17 heavy (non-hydrogen) atoms. The lowest BCUT2D eigenvalue weighted by atomic mass is 10.2. The van der Waals surface area contributed by atoms with Gasteiger partial charge < -0.3 is 19.5 Å². The van der Waals surface area contributed by atoms with Gasteiger partial charge >= 0.3 is 13.8 Å². The van der Waals surface area contributed by atoms with E-state index in [0.29, 0.717) is 0 Å². The second kappa shape index (κ2) is 7.41. The highest BCUT2D eigenvalue weighted by Crippen LogP contribution is 2.40. The van der Waals surface area contributed by atoms with E-state index in [9.17, 15) is 9.36 Å². The molecule has 8 nitrogen and oxygen atoms in total. The maximum atomic E-state index is 11.3. The van der Waals surface area contributed by atoms with Crippen LogP contribution in [0.3, 0.4) is 0 Å². The summed E-state index contributed by atoms with van der Waals surface area (Å²) in [6.45, 7) is 0.187. The van der Waals surface area contributed by atoms with Crippen LogP contribution in [0.25, 0.3) is 0 Å². The van der Waals surface area contributed by atoms with Crippen molar-refractivity contribution < 1.29 is 38.6 Å². The molecule has 0 amide bonds. The molecule has 0 atom stereocenters. The van der Waals surface area contributed by atoms with E-state index in [-0.39, 0.29) is 31.0 Å². The average Bonchev–Trinajstić information content (AvgIpc) is 2.22. The van der Waals surface area contributed by atoms with Gasteiger partial charge in [0.05, 0.1) is 18.8 Å². The van der Waals surface area contributed by atoms with Crippen LogP contribution in [0.2, 0.25) is 0 Å². The van der Waals surface area contributed by atoms with Gasteiger partial charge in [-0.2, -0.15) is 0 Å². The standard InChI is InChI=1S/C8H15O8P/c1-6(8(11)15-5-4-10)7(2-3-9)16-17(12,13)14/h9-10H,2-5H2,1H3,(H2,12,13,14). The third kappa shape index (κ3) is 7.09. The van der Waals surface area contributed by atoms with Crippen LogP contribution in [0, 0.1) is 0 Å². The molecule has 0 rings (SSSR count). The molecule has 0 radical (unpaired) electrons. The number of esters is 1. The lowest BCUT2D eigenvalue weighted by Crippen LogP contribution is -2.12. The lowest BCUT2D eigenvalue weighted by Gasteiger charge is -2.13. The van der Waals surface area contributed by atoms with E-state index in [1.54, 1.807) is 0 Å². The molecule has 0 aromatic heterocycles. The smallest absolute Gasteiger partial charge is 0.460 e. The first-order chi connectivity index (χ1) is 7.81. The minimum Gasteiger partial charge on any atom is -0.460 e. The Bertz CT molecular complexity index is 330.